The molecule has 194 valence electrons. The van der Waals surface area contributed by atoms with Crippen LogP contribution in [0.1, 0.15) is 67.2 Å². The molecule has 2 fully saturated rings. The predicted molar refractivity (Wildman–Crippen MR) is 136 cm³/mol. The van der Waals surface area contributed by atoms with E-state index >= 15 is 0 Å². The number of aliphatic hydroxyl groups excluding tert-OH is 3. The molecule has 0 saturated heterocycles. The van der Waals surface area contributed by atoms with Gasteiger partial charge in [-0.3, -0.25) is 9.59 Å². The number of fused-ring (bicyclic) bond motifs is 7. The summed E-state index contributed by atoms with van der Waals surface area (Å²) < 4.78 is 5.10. The zero-order valence-electron chi connectivity index (χ0n) is 22.4. The van der Waals surface area contributed by atoms with Crippen molar-refractivity contribution in [3.63, 3.8) is 0 Å². The molecule has 0 unspecified atom stereocenters. The SMILES string of the molecule is COC(=O)[C@]1(C)C[C@H]2[C@@](C)(CC(C)=C3C4=CC=C5C(=CC(=O)C(O)=C5C)[C@@]4(C)CC[C@]32C)[C@@H](O)[C@H]1O. The predicted octanol–water partition coefficient (Wildman–Crippen LogP) is 4.65. The largest absolute Gasteiger partial charge is 0.504 e. The lowest BCUT2D eigenvalue weighted by Gasteiger charge is -2.65. The molecule has 0 amide bonds. The molecule has 0 aliphatic heterocycles. The Balaban J connectivity index is 1.69. The fraction of sp³-hybridized carbons (Fsp3) is 0.600. The third-order valence-electron chi connectivity index (χ3n) is 10.7. The van der Waals surface area contributed by atoms with Gasteiger partial charge in [0.1, 0.15) is 0 Å². The normalized spacial score (nSPS) is 44.0. The number of carbonyl (C=O) groups excluding carboxylic acids is 2. The molecule has 0 aromatic carbocycles. The van der Waals surface area contributed by atoms with E-state index in [1.54, 1.807) is 19.9 Å². The highest BCUT2D eigenvalue weighted by molar-refractivity contribution is 6.06. The molecule has 5 aliphatic carbocycles. The maximum absolute atomic E-state index is 12.9. The number of esters is 1. The molecule has 0 spiro atoms. The Morgan fingerprint density at radius 2 is 1.69 bits per heavy atom. The second kappa shape index (κ2) is 7.55. The molecule has 0 aromatic rings. The first kappa shape index (κ1) is 25.2. The number of aliphatic hydroxyl groups is 3. The monoisotopic (exact) mass is 494 g/mol. The number of ketones is 1. The molecule has 3 N–H and O–H groups in total. The molecule has 6 heteroatoms. The number of ether oxygens (including phenoxy) is 1. The van der Waals surface area contributed by atoms with Crippen molar-refractivity contribution in [3.05, 3.63) is 57.4 Å². The summed E-state index contributed by atoms with van der Waals surface area (Å²) in [6.45, 7) is 12.1. The van der Waals surface area contributed by atoms with E-state index in [1.165, 1.54) is 23.8 Å². The first-order chi connectivity index (χ1) is 16.7. The minimum atomic E-state index is -1.21. The average Bonchev–Trinajstić information content (AvgIpc) is 2.83. The van der Waals surface area contributed by atoms with Crippen molar-refractivity contribution in [2.24, 2.45) is 27.6 Å². The van der Waals surface area contributed by atoms with Gasteiger partial charge in [0.05, 0.1) is 24.7 Å². The molecule has 6 nitrogen and oxygen atoms in total. The quantitative estimate of drug-likeness (QED) is 0.459. The fourth-order valence-electron chi connectivity index (χ4n) is 8.57. The number of methoxy groups -OCH3 is 1. The van der Waals surface area contributed by atoms with Gasteiger partial charge < -0.3 is 20.1 Å². The summed E-state index contributed by atoms with van der Waals surface area (Å²) >= 11 is 0. The van der Waals surface area contributed by atoms with E-state index in [0.29, 0.717) is 18.4 Å². The molecule has 36 heavy (non-hydrogen) atoms. The van der Waals surface area contributed by atoms with E-state index in [0.717, 1.165) is 24.0 Å². The Morgan fingerprint density at radius 3 is 2.33 bits per heavy atom. The molecular formula is C30H38O6. The van der Waals surface area contributed by atoms with Gasteiger partial charge in [-0.15, -0.1) is 0 Å². The van der Waals surface area contributed by atoms with Crippen LogP contribution in [0.25, 0.3) is 0 Å². The van der Waals surface area contributed by atoms with Crippen LogP contribution in [0, 0.1) is 27.6 Å². The lowest BCUT2D eigenvalue weighted by atomic mass is 9.40. The molecule has 0 radical (unpaired) electrons. The summed E-state index contributed by atoms with van der Waals surface area (Å²) in [5, 5.41) is 32.9. The van der Waals surface area contributed by atoms with Gasteiger partial charge in [-0.2, -0.15) is 0 Å². The van der Waals surface area contributed by atoms with Gasteiger partial charge in [-0.05, 0) is 86.2 Å². The summed E-state index contributed by atoms with van der Waals surface area (Å²) in [5.74, 6) is -1.09. The first-order valence-electron chi connectivity index (χ1n) is 12.9. The highest BCUT2D eigenvalue weighted by Gasteiger charge is 2.67. The van der Waals surface area contributed by atoms with E-state index < -0.39 is 29.0 Å². The van der Waals surface area contributed by atoms with E-state index in [4.69, 9.17) is 4.74 Å². The van der Waals surface area contributed by atoms with Crippen LogP contribution in [-0.4, -0.2) is 46.4 Å². The van der Waals surface area contributed by atoms with E-state index in [-0.39, 0.29) is 28.3 Å². The van der Waals surface area contributed by atoms with Gasteiger partial charge in [0.2, 0.25) is 5.78 Å². The Bertz CT molecular complexity index is 1250. The van der Waals surface area contributed by atoms with Gasteiger partial charge in [0.15, 0.2) is 5.76 Å². The third-order valence-corrected chi connectivity index (χ3v) is 10.7. The molecule has 5 aliphatic rings. The molecule has 5 rings (SSSR count). The number of carbonyl (C=O) groups is 2. The Morgan fingerprint density at radius 1 is 1.03 bits per heavy atom. The fourth-order valence-corrected chi connectivity index (χ4v) is 8.57. The van der Waals surface area contributed by atoms with Crippen molar-refractivity contribution in [2.75, 3.05) is 7.11 Å². The van der Waals surface area contributed by atoms with E-state index in [2.05, 4.69) is 26.8 Å². The van der Waals surface area contributed by atoms with Gasteiger partial charge in [0.25, 0.3) is 0 Å². The van der Waals surface area contributed by atoms with Crippen molar-refractivity contribution in [1.29, 1.82) is 0 Å². The minimum absolute atomic E-state index is 0.0605. The highest BCUT2D eigenvalue weighted by Crippen LogP contribution is 2.70. The van der Waals surface area contributed by atoms with Crippen LogP contribution in [-0.2, 0) is 14.3 Å². The Labute approximate surface area is 213 Å². The van der Waals surface area contributed by atoms with Crippen LogP contribution in [0.4, 0.5) is 0 Å². The number of hydrogen-bond donors (Lipinski definition) is 3. The molecular weight excluding hydrogens is 456 g/mol. The minimum Gasteiger partial charge on any atom is -0.504 e. The Hall–Kier alpha value is -2.44. The second-order valence-electron chi connectivity index (χ2n) is 12.7. The maximum Gasteiger partial charge on any atom is 0.314 e. The van der Waals surface area contributed by atoms with E-state index in [9.17, 15) is 24.9 Å². The van der Waals surface area contributed by atoms with Crippen LogP contribution >= 0.6 is 0 Å². The Kier molecular flexibility index (Phi) is 5.29. The molecule has 0 aromatic heterocycles. The van der Waals surface area contributed by atoms with Gasteiger partial charge in [0, 0.05) is 16.4 Å². The maximum atomic E-state index is 12.9. The number of hydrogen-bond acceptors (Lipinski definition) is 6. The second-order valence-corrected chi connectivity index (χ2v) is 12.7. The van der Waals surface area contributed by atoms with Gasteiger partial charge in [-0.1, -0.05) is 38.5 Å². The number of allylic oxidation sites excluding steroid dienone is 9. The lowest BCUT2D eigenvalue weighted by Crippen LogP contribution is -2.65. The van der Waals surface area contributed by atoms with Crippen LogP contribution in [0.15, 0.2) is 57.4 Å². The zero-order chi connectivity index (χ0) is 26.6. The van der Waals surface area contributed by atoms with Gasteiger partial charge >= 0.3 is 5.97 Å². The summed E-state index contributed by atoms with van der Waals surface area (Å²) in [6.07, 6.45) is 6.11. The molecule has 0 heterocycles. The lowest BCUT2D eigenvalue weighted by molar-refractivity contribution is -0.213. The van der Waals surface area contributed by atoms with Crippen LogP contribution in [0.5, 0.6) is 0 Å². The van der Waals surface area contributed by atoms with Crippen LogP contribution in [0.3, 0.4) is 0 Å². The highest BCUT2D eigenvalue weighted by atomic mass is 16.5. The van der Waals surface area contributed by atoms with Crippen molar-refractivity contribution >= 4 is 11.8 Å². The topological polar surface area (TPSA) is 104 Å². The molecule has 0 bridgehead atoms. The summed E-state index contributed by atoms with van der Waals surface area (Å²) in [4.78, 5) is 25.5. The van der Waals surface area contributed by atoms with E-state index in [1.807, 2.05) is 13.0 Å². The van der Waals surface area contributed by atoms with Crippen LogP contribution < -0.4 is 0 Å². The van der Waals surface area contributed by atoms with Crippen LogP contribution in [0.2, 0.25) is 0 Å². The smallest absolute Gasteiger partial charge is 0.314 e. The summed E-state index contributed by atoms with van der Waals surface area (Å²) in [6, 6.07) is 0. The summed E-state index contributed by atoms with van der Waals surface area (Å²) in [5.41, 5.74) is 3.56. The van der Waals surface area contributed by atoms with Gasteiger partial charge in [-0.25, -0.2) is 0 Å². The van der Waals surface area contributed by atoms with Crippen molar-refractivity contribution < 1.29 is 29.6 Å². The zero-order valence-corrected chi connectivity index (χ0v) is 22.4. The number of rotatable bonds is 1. The first-order valence-corrected chi connectivity index (χ1v) is 12.9. The van der Waals surface area contributed by atoms with Crippen molar-refractivity contribution in [2.45, 2.75) is 79.4 Å². The standard InChI is InChI=1S/C30H38O6/c1-15-13-29(5)21(14-30(6,26(35)36-7)25(34)24(29)33)28(4)11-10-27(3)18(22(15)28)9-8-17-16(2)23(32)20(31)12-19(17)27/h8-9,12,21,24-25,32-34H,10-11,13-14H2,1-7H3/t21-,24+,25-,27+,28+,29-,30-/m1/s1. The molecule has 7 atom stereocenters. The van der Waals surface area contributed by atoms with Crippen molar-refractivity contribution in [1.82, 2.24) is 0 Å². The average molecular weight is 495 g/mol. The van der Waals surface area contributed by atoms with Crippen molar-refractivity contribution in [3.8, 4) is 0 Å². The third kappa shape index (κ3) is 2.86. The molecule has 2 saturated carbocycles. The summed E-state index contributed by atoms with van der Waals surface area (Å²) in [7, 11) is 1.33.